The minimum atomic E-state index is -0.337. The first-order valence-electron chi connectivity index (χ1n) is 10.2. The quantitative estimate of drug-likeness (QED) is 0.286. The summed E-state index contributed by atoms with van der Waals surface area (Å²) >= 11 is 14.1. The number of anilines is 1. The third kappa shape index (κ3) is 6.07. The second-order valence-electron chi connectivity index (χ2n) is 7.28. The average Bonchev–Trinajstić information content (AvgIpc) is 3.19. The lowest BCUT2D eigenvalue weighted by Gasteiger charge is -2.13. The number of hydrogen-bond donors (Lipinski definition) is 2. The number of halogens is 2. The molecule has 1 aromatic heterocycles. The fourth-order valence-corrected chi connectivity index (χ4v) is 4.61. The van der Waals surface area contributed by atoms with Crippen molar-refractivity contribution in [3.05, 3.63) is 99.8 Å². The van der Waals surface area contributed by atoms with Crippen LogP contribution in [0.3, 0.4) is 0 Å². The average molecular weight is 498 g/mol. The summed E-state index contributed by atoms with van der Waals surface area (Å²) in [5.41, 5.74) is 3.63. The Kier molecular flexibility index (Phi) is 7.54. The van der Waals surface area contributed by atoms with Crippen LogP contribution in [-0.2, 0) is 12.3 Å². The summed E-state index contributed by atoms with van der Waals surface area (Å²) in [7, 11) is 0. The lowest BCUT2D eigenvalue weighted by Crippen LogP contribution is -2.29. The molecule has 4 aromatic rings. The Balaban J connectivity index is 1.55. The second-order valence-corrected chi connectivity index (χ2v) is 9.07. The van der Waals surface area contributed by atoms with Crippen LogP contribution in [0, 0.1) is 6.92 Å². The molecule has 2 amide bonds. The van der Waals surface area contributed by atoms with Crippen molar-refractivity contribution in [1.82, 2.24) is 20.1 Å². The van der Waals surface area contributed by atoms with Gasteiger partial charge < -0.3 is 10.6 Å². The lowest BCUT2D eigenvalue weighted by molar-refractivity contribution is 0.251. The number of aryl methyl sites for hydroxylation is 1. The Bertz CT molecular complexity index is 1260. The van der Waals surface area contributed by atoms with Gasteiger partial charge in [0.2, 0.25) is 0 Å². The maximum absolute atomic E-state index is 12.4. The fraction of sp³-hybridized carbons (Fsp3) is 0.125. The number of carbonyl (C=O) groups is 1. The number of benzene rings is 3. The Morgan fingerprint density at radius 3 is 2.58 bits per heavy atom. The smallest absolute Gasteiger partial charge is 0.319 e. The van der Waals surface area contributed by atoms with Crippen LogP contribution in [0.5, 0.6) is 0 Å². The van der Waals surface area contributed by atoms with Gasteiger partial charge in [-0.1, -0.05) is 77.4 Å². The molecule has 1 heterocycles. The predicted octanol–water partition coefficient (Wildman–Crippen LogP) is 6.50. The van der Waals surface area contributed by atoms with E-state index in [2.05, 4.69) is 33.0 Å². The maximum atomic E-state index is 12.4. The highest BCUT2D eigenvalue weighted by molar-refractivity contribution is 7.98. The van der Waals surface area contributed by atoms with Crippen LogP contribution >= 0.6 is 35.0 Å². The molecule has 0 unspecified atom stereocenters. The zero-order valence-electron chi connectivity index (χ0n) is 17.8. The molecule has 0 bridgehead atoms. The van der Waals surface area contributed by atoms with E-state index in [1.165, 1.54) is 11.8 Å². The van der Waals surface area contributed by atoms with Gasteiger partial charge in [-0.3, -0.25) is 4.57 Å². The first-order valence-corrected chi connectivity index (χ1v) is 11.9. The van der Waals surface area contributed by atoms with Gasteiger partial charge >= 0.3 is 6.03 Å². The van der Waals surface area contributed by atoms with E-state index < -0.39 is 0 Å². The highest BCUT2D eigenvalue weighted by atomic mass is 35.5. The van der Waals surface area contributed by atoms with E-state index in [0.717, 1.165) is 11.1 Å². The van der Waals surface area contributed by atoms with Crippen molar-refractivity contribution in [3.8, 4) is 5.69 Å². The Morgan fingerprint density at radius 1 is 1.00 bits per heavy atom. The van der Waals surface area contributed by atoms with Gasteiger partial charge in [0, 0.05) is 16.5 Å². The van der Waals surface area contributed by atoms with E-state index in [1.54, 1.807) is 12.1 Å². The number of thioether (sulfide) groups is 1. The van der Waals surface area contributed by atoms with Gasteiger partial charge in [-0.25, -0.2) is 4.79 Å². The number of rotatable bonds is 7. The van der Waals surface area contributed by atoms with Crippen molar-refractivity contribution >= 4 is 46.7 Å². The molecule has 0 aliphatic rings. The van der Waals surface area contributed by atoms with Crippen LogP contribution in [-0.4, -0.2) is 20.8 Å². The number of nitrogens with one attached hydrogen (secondary N) is 2. The van der Waals surface area contributed by atoms with Crippen molar-refractivity contribution in [2.24, 2.45) is 0 Å². The van der Waals surface area contributed by atoms with Gasteiger partial charge in [-0.05, 0) is 48.4 Å². The molecule has 33 heavy (non-hydrogen) atoms. The van der Waals surface area contributed by atoms with Gasteiger partial charge in [0.1, 0.15) is 0 Å². The second kappa shape index (κ2) is 10.7. The molecule has 4 rings (SSSR count). The van der Waals surface area contributed by atoms with Crippen molar-refractivity contribution in [2.75, 3.05) is 5.32 Å². The first kappa shape index (κ1) is 23.2. The molecule has 0 radical (unpaired) electrons. The van der Waals surface area contributed by atoms with Crippen molar-refractivity contribution < 1.29 is 4.79 Å². The topological polar surface area (TPSA) is 71.8 Å². The van der Waals surface area contributed by atoms with Crippen LogP contribution in [0.25, 0.3) is 5.69 Å². The number of aromatic nitrogens is 3. The molecule has 0 aliphatic carbocycles. The maximum Gasteiger partial charge on any atom is 0.319 e. The number of carbonyl (C=O) groups excluding carboxylic acids is 1. The van der Waals surface area contributed by atoms with Crippen LogP contribution in [0.1, 0.15) is 17.0 Å². The zero-order chi connectivity index (χ0) is 23.2. The number of hydrogen-bond acceptors (Lipinski definition) is 4. The molecule has 0 atom stereocenters. The molecular formula is C24H21Cl2N5OS. The van der Waals surface area contributed by atoms with E-state index in [4.69, 9.17) is 23.2 Å². The Hall–Kier alpha value is -3.00. The molecule has 0 aliphatic heterocycles. The zero-order valence-corrected chi connectivity index (χ0v) is 20.1. The summed E-state index contributed by atoms with van der Waals surface area (Å²) in [4.78, 5) is 12.4. The molecule has 2 N–H and O–H groups in total. The largest absolute Gasteiger partial charge is 0.331 e. The SMILES string of the molecule is Cc1cccc(NC(=O)NCc2nnc(SCc3ccccc3)n2-c2ccc(Cl)cc2Cl)c1. The third-order valence-electron chi connectivity index (χ3n) is 4.74. The number of urea groups is 1. The minimum absolute atomic E-state index is 0.162. The first-order chi connectivity index (χ1) is 16.0. The molecule has 0 saturated heterocycles. The van der Waals surface area contributed by atoms with Gasteiger partial charge in [0.15, 0.2) is 11.0 Å². The highest BCUT2D eigenvalue weighted by Gasteiger charge is 2.18. The molecule has 6 nitrogen and oxygen atoms in total. The molecule has 0 saturated carbocycles. The normalized spacial score (nSPS) is 10.8. The van der Waals surface area contributed by atoms with Crippen LogP contribution in [0.15, 0.2) is 78.0 Å². The summed E-state index contributed by atoms with van der Waals surface area (Å²) in [5, 5.41) is 16.0. The summed E-state index contributed by atoms with van der Waals surface area (Å²) in [6.45, 7) is 2.13. The Labute approximate surface area is 206 Å². The van der Waals surface area contributed by atoms with E-state index in [1.807, 2.05) is 60.0 Å². The van der Waals surface area contributed by atoms with Crippen molar-refractivity contribution in [1.29, 1.82) is 0 Å². The van der Waals surface area contributed by atoms with E-state index in [-0.39, 0.29) is 12.6 Å². The molecule has 0 fully saturated rings. The number of nitrogens with zero attached hydrogens (tertiary/aromatic N) is 3. The molecule has 168 valence electrons. The van der Waals surface area contributed by atoms with Crippen molar-refractivity contribution in [3.63, 3.8) is 0 Å². The molecular weight excluding hydrogens is 477 g/mol. The van der Waals surface area contributed by atoms with Crippen LogP contribution < -0.4 is 10.6 Å². The predicted molar refractivity (Wildman–Crippen MR) is 134 cm³/mol. The van der Waals surface area contributed by atoms with Crippen molar-refractivity contribution in [2.45, 2.75) is 24.4 Å². The van der Waals surface area contributed by atoms with E-state index in [0.29, 0.717) is 38.2 Å². The summed E-state index contributed by atoms with van der Waals surface area (Å²) in [5.74, 6) is 1.26. The van der Waals surface area contributed by atoms with E-state index >= 15 is 0 Å². The van der Waals surface area contributed by atoms with Crippen LogP contribution in [0.2, 0.25) is 10.0 Å². The highest BCUT2D eigenvalue weighted by Crippen LogP contribution is 2.30. The summed E-state index contributed by atoms with van der Waals surface area (Å²) in [6, 6.07) is 22.6. The lowest BCUT2D eigenvalue weighted by atomic mass is 10.2. The number of amides is 2. The molecule has 0 spiro atoms. The van der Waals surface area contributed by atoms with Gasteiger partial charge in [-0.15, -0.1) is 10.2 Å². The molecule has 9 heteroatoms. The third-order valence-corrected chi connectivity index (χ3v) is 6.28. The van der Waals surface area contributed by atoms with E-state index in [9.17, 15) is 4.79 Å². The molecule has 3 aromatic carbocycles. The summed E-state index contributed by atoms with van der Waals surface area (Å²) < 4.78 is 1.85. The Morgan fingerprint density at radius 2 is 1.82 bits per heavy atom. The van der Waals surface area contributed by atoms with Gasteiger partial charge in [-0.2, -0.15) is 0 Å². The van der Waals surface area contributed by atoms with Crippen LogP contribution in [0.4, 0.5) is 10.5 Å². The fourth-order valence-electron chi connectivity index (χ4n) is 3.19. The minimum Gasteiger partial charge on any atom is -0.331 e. The van der Waals surface area contributed by atoms with Gasteiger partial charge in [0.05, 0.1) is 17.3 Å². The monoisotopic (exact) mass is 497 g/mol. The summed E-state index contributed by atoms with van der Waals surface area (Å²) in [6.07, 6.45) is 0. The van der Waals surface area contributed by atoms with Gasteiger partial charge in [0.25, 0.3) is 0 Å². The standard InChI is InChI=1S/C24H21Cl2N5OS/c1-16-6-5-9-19(12-16)28-23(32)27-14-22-29-30-24(33-15-17-7-3-2-4-8-17)31(22)21-11-10-18(25)13-20(21)26/h2-13H,14-15H2,1H3,(H2,27,28,32).